The zero-order valence-corrected chi connectivity index (χ0v) is 16.0. The van der Waals surface area contributed by atoms with E-state index in [-0.39, 0.29) is 24.2 Å². The number of aryl methyl sites for hydroxylation is 1. The third-order valence-corrected chi connectivity index (χ3v) is 5.22. The average Bonchev–Trinajstić information content (AvgIpc) is 3.41. The molecule has 2 N–H and O–H groups in total. The number of fused-ring (bicyclic) bond motifs is 1. The maximum Gasteiger partial charge on any atom is 0.290 e. The monoisotopic (exact) mass is 401 g/mol. The van der Waals surface area contributed by atoms with E-state index in [2.05, 4.69) is 10.3 Å². The number of pyridine rings is 1. The molecule has 0 spiro atoms. The lowest BCUT2D eigenvalue weighted by Gasteiger charge is -2.25. The number of furan rings is 1. The van der Waals surface area contributed by atoms with Crippen LogP contribution >= 0.6 is 0 Å². The van der Waals surface area contributed by atoms with Gasteiger partial charge in [0.2, 0.25) is 5.91 Å². The molecule has 9 nitrogen and oxygen atoms in total. The normalized spacial score (nSPS) is 22.4. The first-order valence-electron chi connectivity index (χ1n) is 9.19. The van der Waals surface area contributed by atoms with Crippen LogP contribution in [0.4, 0.5) is 0 Å². The van der Waals surface area contributed by atoms with Crippen molar-refractivity contribution in [2.24, 2.45) is 11.3 Å². The summed E-state index contributed by atoms with van der Waals surface area (Å²) in [4.78, 5) is 39.9. The predicted octanol–water partition coefficient (Wildman–Crippen LogP) is 1.09. The first-order chi connectivity index (χ1) is 14.0. The van der Waals surface area contributed by atoms with E-state index in [0.29, 0.717) is 44.4 Å². The zero-order valence-electron chi connectivity index (χ0n) is 16.0. The summed E-state index contributed by atoms with van der Waals surface area (Å²) in [6.45, 7) is 3.56. The highest BCUT2D eigenvalue weighted by molar-refractivity contribution is 5.93. The molecular formula is C20H23N3O6. The third-order valence-electron chi connectivity index (χ3n) is 5.22. The molecule has 0 unspecified atom stereocenters. The van der Waals surface area contributed by atoms with Gasteiger partial charge in [-0.3, -0.25) is 19.4 Å². The van der Waals surface area contributed by atoms with Gasteiger partial charge in [0, 0.05) is 25.2 Å². The van der Waals surface area contributed by atoms with Gasteiger partial charge in [0.1, 0.15) is 5.76 Å². The van der Waals surface area contributed by atoms with Crippen molar-refractivity contribution in [3.05, 3.63) is 53.7 Å². The Kier molecular flexibility index (Phi) is 6.28. The SMILES string of the molecule is Cc1ccc(C(=O)N2C[C@@H]3COC[C@]3(C(=O)NCc3ccccn3)C2)o1.O=CO. The second-order valence-corrected chi connectivity index (χ2v) is 7.07. The molecule has 2 amide bonds. The quantitative estimate of drug-likeness (QED) is 0.735. The van der Waals surface area contributed by atoms with E-state index in [0.717, 1.165) is 5.69 Å². The molecule has 2 aliphatic heterocycles. The minimum Gasteiger partial charge on any atom is -0.483 e. The minimum absolute atomic E-state index is 0.00811. The fourth-order valence-electron chi connectivity index (χ4n) is 3.77. The van der Waals surface area contributed by atoms with Crippen molar-refractivity contribution in [2.75, 3.05) is 26.3 Å². The number of likely N-dealkylation sites (tertiary alicyclic amines) is 1. The van der Waals surface area contributed by atoms with Gasteiger partial charge in [-0.05, 0) is 31.2 Å². The van der Waals surface area contributed by atoms with Gasteiger partial charge in [-0.1, -0.05) is 6.07 Å². The summed E-state index contributed by atoms with van der Waals surface area (Å²) < 4.78 is 11.0. The minimum atomic E-state index is -0.702. The average molecular weight is 401 g/mol. The van der Waals surface area contributed by atoms with Crippen LogP contribution in [0.5, 0.6) is 0 Å². The van der Waals surface area contributed by atoms with Crippen molar-refractivity contribution < 1.29 is 28.6 Å². The van der Waals surface area contributed by atoms with Crippen molar-refractivity contribution in [2.45, 2.75) is 13.5 Å². The van der Waals surface area contributed by atoms with E-state index < -0.39 is 5.41 Å². The molecule has 4 heterocycles. The number of nitrogens with one attached hydrogen (secondary N) is 1. The summed E-state index contributed by atoms with van der Waals surface area (Å²) >= 11 is 0. The van der Waals surface area contributed by atoms with Crippen molar-refractivity contribution >= 4 is 18.3 Å². The van der Waals surface area contributed by atoms with E-state index in [1.54, 1.807) is 30.2 Å². The zero-order chi connectivity index (χ0) is 20.9. The first-order valence-corrected chi connectivity index (χ1v) is 9.19. The van der Waals surface area contributed by atoms with Crippen LogP contribution in [-0.2, 0) is 20.9 Å². The Morgan fingerprint density at radius 1 is 1.38 bits per heavy atom. The maximum absolute atomic E-state index is 13.0. The maximum atomic E-state index is 13.0. The molecule has 0 bridgehead atoms. The number of aromatic nitrogens is 1. The Labute approximate surface area is 167 Å². The Hall–Kier alpha value is -3.20. The lowest BCUT2D eigenvalue weighted by atomic mass is 9.80. The van der Waals surface area contributed by atoms with E-state index in [1.807, 2.05) is 18.2 Å². The summed E-state index contributed by atoms with van der Waals surface area (Å²) in [6.07, 6.45) is 1.70. The largest absolute Gasteiger partial charge is 0.483 e. The second-order valence-electron chi connectivity index (χ2n) is 7.07. The number of hydrogen-bond acceptors (Lipinski definition) is 6. The van der Waals surface area contributed by atoms with Crippen LogP contribution in [0.1, 0.15) is 22.0 Å². The Morgan fingerprint density at radius 2 is 2.17 bits per heavy atom. The summed E-state index contributed by atoms with van der Waals surface area (Å²) in [6, 6.07) is 9.03. The van der Waals surface area contributed by atoms with Gasteiger partial charge in [-0.25, -0.2) is 0 Å². The van der Waals surface area contributed by atoms with Gasteiger partial charge >= 0.3 is 0 Å². The van der Waals surface area contributed by atoms with Gasteiger partial charge in [0.15, 0.2) is 5.76 Å². The van der Waals surface area contributed by atoms with E-state index in [4.69, 9.17) is 19.1 Å². The molecule has 2 aromatic heterocycles. The van der Waals surface area contributed by atoms with Crippen molar-refractivity contribution in [3.8, 4) is 0 Å². The lowest BCUT2D eigenvalue weighted by Crippen LogP contribution is -2.46. The topological polar surface area (TPSA) is 122 Å². The number of rotatable bonds is 4. The molecule has 2 saturated heterocycles. The Bertz CT molecular complexity index is 868. The highest BCUT2D eigenvalue weighted by Crippen LogP contribution is 2.42. The van der Waals surface area contributed by atoms with E-state index in [9.17, 15) is 9.59 Å². The molecule has 2 atom stereocenters. The molecule has 9 heteroatoms. The van der Waals surface area contributed by atoms with Gasteiger partial charge < -0.3 is 24.5 Å². The van der Waals surface area contributed by atoms with Crippen LogP contribution in [0.15, 0.2) is 40.9 Å². The number of nitrogens with zero attached hydrogens (tertiary/aromatic N) is 2. The van der Waals surface area contributed by atoms with Gasteiger partial charge in [0.25, 0.3) is 12.4 Å². The third kappa shape index (κ3) is 4.29. The standard InChI is InChI=1S/C19H21N3O4.CH2O2/c1-13-5-6-16(26-13)17(23)22-9-14-10-25-12-19(14,11-22)18(24)21-8-15-4-2-3-7-20-15;2-1-3/h2-7,14H,8-12H2,1H3,(H,21,24);1H,(H,2,3)/t14-,19-;/m1./s1. The lowest BCUT2D eigenvalue weighted by molar-refractivity contribution is -0.131. The van der Waals surface area contributed by atoms with Gasteiger partial charge in [-0.2, -0.15) is 0 Å². The van der Waals surface area contributed by atoms with Crippen LogP contribution in [0.3, 0.4) is 0 Å². The molecule has 0 saturated carbocycles. The molecule has 29 heavy (non-hydrogen) atoms. The number of carbonyl (C=O) groups excluding carboxylic acids is 2. The molecular weight excluding hydrogens is 378 g/mol. The van der Waals surface area contributed by atoms with Crippen LogP contribution in [0, 0.1) is 18.3 Å². The smallest absolute Gasteiger partial charge is 0.290 e. The second kappa shape index (κ2) is 8.87. The van der Waals surface area contributed by atoms with Crippen molar-refractivity contribution in [3.63, 3.8) is 0 Å². The molecule has 4 rings (SSSR count). The molecule has 2 fully saturated rings. The molecule has 2 aromatic rings. The highest BCUT2D eigenvalue weighted by Gasteiger charge is 2.56. The number of amides is 2. The fourth-order valence-corrected chi connectivity index (χ4v) is 3.77. The number of ether oxygens (including phenoxy) is 1. The van der Waals surface area contributed by atoms with Crippen molar-refractivity contribution in [1.82, 2.24) is 15.2 Å². The van der Waals surface area contributed by atoms with Gasteiger partial charge in [-0.15, -0.1) is 0 Å². The van der Waals surface area contributed by atoms with E-state index >= 15 is 0 Å². The summed E-state index contributed by atoms with van der Waals surface area (Å²) in [5.41, 5.74) is 0.0937. The summed E-state index contributed by atoms with van der Waals surface area (Å²) in [5, 5.41) is 9.85. The summed E-state index contributed by atoms with van der Waals surface area (Å²) in [5.74, 6) is 0.735. The molecule has 154 valence electrons. The van der Waals surface area contributed by atoms with Crippen LogP contribution in [0.2, 0.25) is 0 Å². The molecule has 0 radical (unpaired) electrons. The van der Waals surface area contributed by atoms with E-state index in [1.165, 1.54) is 0 Å². The van der Waals surface area contributed by atoms with Gasteiger partial charge in [0.05, 0.1) is 30.9 Å². The molecule has 0 aromatic carbocycles. The van der Waals surface area contributed by atoms with Crippen LogP contribution < -0.4 is 5.32 Å². The predicted molar refractivity (Wildman–Crippen MR) is 101 cm³/mol. The first kappa shape index (κ1) is 20.5. The Morgan fingerprint density at radius 3 is 2.83 bits per heavy atom. The molecule has 2 aliphatic rings. The Balaban J connectivity index is 0.000000755. The van der Waals surface area contributed by atoms with Crippen molar-refractivity contribution in [1.29, 1.82) is 0 Å². The highest BCUT2D eigenvalue weighted by atomic mass is 16.5. The van der Waals surface area contributed by atoms with Crippen LogP contribution in [0.25, 0.3) is 0 Å². The fraction of sp³-hybridized carbons (Fsp3) is 0.400. The number of carboxylic acid groups (broad SMARTS) is 1. The molecule has 0 aliphatic carbocycles. The number of hydrogen-bond donors (Lipinski definition) is 2. The van der Waals surface area contributed by atoms with Crippen LogP contribution in [-0.4, -0.2) is 59.6 Å². The number of carbonyl (C=O) groups is 3. The summed E-state index contributed by atoms with van der Waals surface area (Å²) in [7, 11) is 0.